The first-order valence-electron chi connectivity index (χ1n) is 3.63. The van der Waals surface area contributed by atoms with Crippen molar-refractivity contribution < 1.29 is 29.6 Å². The van der Waals surface area contributed by atoms with Gasteiger partial charge in [0.25, 0.3) is 0 Å². The summed E-state index contributed by atoms with van der Waals surface area (Å²) in [5, 5.41) is 2.33. The molecule has 2 aromatic rings. The second-order valence-corrected chi connectivity index (χ2v) is 3.89. The Morgan fingerprint density at radius 2 is 1.54 bits per heavy atom. The van der Waals surface area contributed by atoms with Crippen LogP contribution in [0.25, 0.3) is 10.8 Å². The van der Waals surface area contributed by atoms with E-state index >= 15 is 0 Å². The molecule has 0 saturated heterocycles. The summed E-state index contributed by atoms with van der Waals surface area (Å²) in [6.07, 6.45) is 0. The Balaban J connectivity index is 0.000000845. The summed E-state index contributed by atoms with van der Waals surface area (Å²) < 4.78 is 1.10. The van der Waals surface area contributed by atoms with Crippen LogP contribution in [0.15, 0.2) is 45.8 Å². The van der Waals surface area contributed by atoms with E-state index in [1.165, 1.54) is 5.39 Å². The molecule has 3 heteroatoms. The predicted molar refractivity (Wildman–Crippen MR) is 57.3 cm³/mol. The molecule has 0 N–H and O–H groups in total. The van der Waals surface area contributed by atoms with Crippen molar-refractivity contribution in [2.24, 2.45) is 0 Å². The molecule has 0 amide bonds. The quantitative estimate of drug-likeness (QED) is 0.492. The SMILES string of the molecule is [Na+].[S-]c1ccc(Br)c2ccccc12. The molecule has 2 aromatic carbocycles. The predicted octanol–water partition coefficient (Wildman–Crippen LogP) is 0.512. The van der Waals surface area contributed by atoms with Crippen molar-refractivity contribution in [3.8, 4) is 0 Å². The molecule has 0 aliphatic heterocycles. The second-order valence-electron chi connectivity index (χ2n) is 2.59. The molecular weight excluding hydrogens is 255 g/mol. The maximum atomic E-state index is 5.19. The molecule has 2 rings (SSSR count). The number of halogens is 1. The van der Waals surface area contributed by atoms with Crippen LogP contribution in [0.4, 0.5) is 0 Å². The van der Waals surface area contributed by atoms with Gasteiger partial charge in [-0.3, -0.25) is 0 Å². The third-order valence-electron chi connectivity index (χ3n) is 1.83. The van der Waals surface area contributed by atoms with Gasteiger partial charge in [0.2, 0.25) is 0 Å². The number of benzene rings is 2. The summed E-state index contributed by atoms with van der Waals surface area (Å²) in [5.74, 6) is 0. The molecule has 0 saturated carbocycles. The van der Waals surface area contributed by atoms with E-state index in [4.69, 9.17) is 12.6 Å². The topological polar surface area (TPSA) is 0 Å². The minimum Gasteiger partial charge on any atom is -0.779 e. The number of hydrogen-bond acceptors (Lipinski definition) is 1. The Morgan fingerprint density at radius 3 is 2.15 bits per heavy atom. The van der Waals surface area contributed by atoms with Crippen LogP contribution < -0.4 is 29.6 Å². The Hall–Kier alpha value is 0.400. The van der Waals surface area contributed by atoms with E-state index in [9.17, 15) is 0 Å². The largest absolute Gasteiger partial charge is 1.00 e. The van der Waals surface area contributed by atoms with E-state index in [-0.39, 0.29) is 29.6 Å². The number of fused-ring (bicyclic) bond motifs is 1. The minimum absolute atomic E-state index is 0. The Kier molecular flexibility index (Phi) is 4.20. The molecule has 13 heavy (non-hydrogen) atoms. The van der Waals surface area contributed by atoms with Crippen molar-refractivity contribution in [1.29, 1.82) is 0 Å². The monoisotopic (exact) mass is 260 g/mol. The zero-order valence-corrected chi connectivity index (χ0v) is 11.7. The van der Waals surface area contributed by atoms with Crippen molar-refractivity contribution in [3.05, 3.63) is 40.9 Å². The van der Waals surface area contributed by atoms with Crippen LogP contribution in [-0.4, -0.2) is 0 Å². The summed E-state index contributed by atoms with van der Waals surface area (Å²) in [6.45, 7) is 0. The van der Waals surface area contributed by atoms with Gasteiger partial charge < -0.3 is 12.6 Å². The van der Waals surface area contributed by atoms with Gasteiger partial charge in [-0.05, 0) is 16.8 Å². The standard InChI is InChI=1S/C10H7BrS.Na/c11-9-5-6-10(12)8-4-2-1-3-7(8)9;/h1-6,12H;/q;+1/p-1. The number of rotatable bonds is 0. The first kappa shape index (κ1) is 11.5. The van der Waals surface area contributed by atoms with Crippen molar-refractivity contribution in [2.75, 3.05) is 0 Å². The fourth-order valence-corrected chi connectivity index (χ4v) is 1.96. The normalized spacial score (nSPS) is 9.62. The van der Waals surface area contributed by atoms with E-state index in [1.807, 2.05) is 30.3 Å². The van der Waals surface area contributed by atoms with Gasteiger partial charge in [-0.2, -0.15) is 4.90 Å². The van der Waals surface area contributed by atoms with E-state index < -0.39 is 0 Å². The summed E-state index contributed by atoms with van der Waals surface area (Å²) in [7, 11) is 0. The third-order valence-corrected chi connectivity index (χ3v) is 2.88. The molecule has 0 fully saturated rings. The van der Waals surface area contributed by atoms with Crippen molar-refractivity contribution in [3.63, 3.8) is 0 Å². The van der Waals surface area contributed by atoms with E-state index in [2.05, 4.69) is 22.0 Å². The average molecular weight is 261 g/mol. The van der Waals surface area contributed by atoms with E-state index in [1.54, 1.807) is 0 Å². The van der Waals surface area contributed by atoms with Crippen LogP contribution >= 0.6 is 15.9 Å². The molecule has 0 atom stereocenters. The van der Waals surface area contributed by atoms with Crippen LogP contribution in [0.5, 0.6) is 0 Å². The zero-order chi connectivity index (χ0) is 8.55. The maximum Gasteiger partial charge on any atom is 1.00 e. The molecule has 0 bridgehead atoms. The van der Waals surface area contributed by atoms with Crippen LogP contribution in [0, 0.1) is 0 Å². The molecule has 0 aromatic heterocycles. The Labute approximate surface area is 114 Å². The summed E-state index contributed by atoms with van der Waals surface area (Å²) >= 11 is 8.68. The third kappa shape index (κ3) is 2.25. The fraction of sp³-hybridized carbons (Fsp3) is 0. The molecule has 0 aliphatic rings. The van der Waals surface area contributed by atoms with Gasteiger partial charge in [-0.25, -0.2) is 0 Å². The summed E-state index contributed by atoms with van der Waals surface area (Å²) in [4.78, 5) is 0.911. The van der Waals surface area contributed by atoms with E-state index in [0.717, 1.165) is 14.8 Å². The van der Waals surface area contributed by atoms with Gasteiger partial charge >= 0.3 is 29.6 Å². The Bertz CT molecular complexity index is 388. The molecule has 0 spiro atoms. The molecule has 0 nitrogen and oxygen atoms in total. The molecular formula is C10H6BrNaS. The molecule has 0 radical (unpaired) electrons. The van der Waals surface area contributed by atoms with Crippen LogP contribution in [0.3, 0.4) is 0 Å². The minimum atomic E-state index is 0. The number of hydrogen-bond donors (Lipinski definition) is 0. The van der Waals surface area contributed by atoms with Gasteiger partial charge in [0.15, 0.2) is 0 Å². The van der Waals surface area contributed by atoms with Gasteiger partial charge in [-0.15, -0.1) is 0 Å². The van der Waals surface area contributed by atoms with Crippen LogP contribution in [0.1, 0.15) is 0 Å². The average Bonchev–Trinajstić information content (AvgIpc) is 2.12. The van der Waals surface area contributed by atoms with Gasteiger partial charge in [0.05, 0.1) is 0 Å². The fourth-order valence-electron chi connectivity index (χ4n) is 1.23. The van der Waals surface area contributed by atoms with Gasteiger partial charge in [0.1, 0.15) is 0 Å². The summed E-state index contributed by atoms with van der Waals surface area (Å²) in [6, 6.07) is 12.1. The first-order chi connectivity index (χ1) is 5.79. The smallest absolute Gasteiger partial charge is 0.779 e. The maximum absolute atomic E-state index is 5.19. The molecule has 60 valence electrons. The van der Waals surface area contributed by atoms with Crippen molar-refractivity contribution >= 4 is 39.3 Å². The molecule has 0 unspecified atom stereocenters. The second kappa shape index (κ2) is 4.76. The molecule has 0 heterocycles. The zero-order valence-electron chi connectivity index (χ0n) is 7.25. The summed E-state index contributed by atoms with van der Waals surface area (Å²) in [5.41, 5.74) is 0. The van der Waals surface area contributed by atoms with E-state index in [0.29, 0.717) is 0 Å². The van der Waals surface area contributed by atoms with Crippen molar-refractivity contribution in [1.82, 2.24) is 0 Å². The van der Waals surface area contributed by atoms with Gasteiger partial charge in [-0.1, -0.05) is 46.3 Å². The van der Waals surface area contributed by atoms with Crippen molar-refractivity contribution in [2.45, 2.75) is 4.90 Å². The van der Waals surface area contributed by atoms with Crippen LogP contribution in [-0.2, 0) is 12.6 Å². The van der Waals surface area contributed by atoms with Gasteiger partial charge in [0, 0.05) is 4.47 Å². The molecule has 0 aliphatic carbocycles. The Morgan fingerprint density at radius 1 is 0.923 bits per heavy atom. The van der Waals surface area contributed by atoms with Crippen LogP contribution in [0.2, 0.25) is 0 Å². The first-order valence-corrected chi connectivity index (χ1v) is 4.83.